The molecule has 2 fully saturated rings. The molecule has 0 spiro atoms. The normalized spacial score (nSPS) is 18.5. The summed E-state index contributed by atoms with van der Waals surface area (Å²) in [5, 5.41) is 0. The molecule has 2 saturated heterocycles. The highest BCUT2D eigenvalue weighted by molar-refractivity contribution is 5.58. The zero-order chi connectivity index (χ0) is 18.6. The van der Waals surface area contributed by atoms with E-state index in [1.807, 2.05) is 0 Å². The molecule has 2 aromatic rings. The first-order valence-corrected chi connectivity index (χ1v) is 10.4. The molecule has 0 unspecified atom stereocenters. The van der Waals surface area contributed by atoms with Crippen LogP contribution in [0.1, 0.15) is 36.8 Å². The molecule has 0 atom stereocenters. The highest BCUT2D eigenvalue weighted by Gasteiger charge is 2.21. The molecule has 5 heteroatoms. The Morgan fingerprint density at radius 3 is 1.96 bits per heavy atom. The van der Waals surface area contributed by atoms with Crippen molar-refractivity contribution in [3.63, 3.8) is 0 Å². The summed E-state index contributed by atoms with van der Waals surface area (Å²) in [5.41, 5.74) is 4.15. The van der Waals surface area contributed by atoms with Crippen LogP contribution >= 0.6 is 0 Å². The molecule has 1 aromatic heterocycles. The fraction of sp³-hybridized carbons (Fsp3) is 0.545. The summed E-state index contributed by atoms with van der Waals surface area (Å²) in [6, 6.07) is 8.81. The van der Waals surface area contributed by atoms with Crippen molar-refractivity contribution in [1.29, 1.82) is 0 Å². The molecule has 4 rings (SSSR count). The summed E-state index contributed by atoms with van der Waals surface area (Å²) >= 11 is 0. The van der Waals surface area contributed by atoms with Crippen molar-refractivity contribution in [3.8, 4) is 0 Å². The van der Waals surface area contributed by atoms with Crippen LogP contribution in [-0.2, 0) is 0 Å². The predicted octanol–water partition coefficient (Wildman–Crippen LogP) is 3.80. The van der Waals surface area contributed by atoms with Gasteiger partial charge in [0.25, 0.3) is 0 Å². The third-order valence-corrected chi connectivity index (χ3v) is 6.09. The second-order valence-electron chi connectivity index (χ2n) is 7.83. The monoisotopic (exact) mass is 365 g/mol. The summed E-state index contributed by atoms with van der Waals surface area (Å²) in [6.45, 7) is 10.7. The number of hydrogen-bond donors (Lipinski definition) is 0. The first-order valence-electron chi connectivity index (χ1n) is 10.4. The summed E-state index contributed by atoms with van der Waals surface area (Å²) in [6.07, 6.45) is 6.97. The number of rotatable bonds is 3. The standard InChI is InChI=1S/C22H31N5/c1-18-8-7-9-20(19(18)2)25-12-14-27(15-13-25)22-16-21(23-17-24-22)26-10-5-3-4-6-11-26/h7-9,16-17H,3-6,10-15H2,1-2H3. The Morgan fingerprint density at radius 1 is 0.704 bits per heavy atom. The molecular formula is C22H31N5. The summed E-state index contributed by atoms with van der Waals surface area (Å²) in [4.78, 5) is 16.5. The molecule has 0 bridgehead atoms. The average Bonchev–Trinajstić information content (AvgIpc) is 3.00. The lowest BCUT2D eigenvalue weighted by atomic mass is 10.1. The third kappa shape index (κ3) is 4.02. The number of piperazine rings is 1. The third-order valence-electron chi connectivity index (χ3n) is 6.09. The van der Waals surface area contributed by atoms with Crippen LogP contribution in [0.5, 0.6) is 0 Å². The molecule has 0 radical (unpaired) electrons. The smallest absolute Gasteiger partial charge is 0.134 e. The van der Waals surface area contributed by atoms with Gasteiger partial charge >= 0.3 is 0 Å². The van der Waals surface area contributed by atoms with Gasteiger partial charge in [0, 0.05) is 51.0 Å². The maximum atomic E-state index is 4.58. The lowest BCUT2D eigenvalue weighted by molar-refractivity contribution is 0.645. The van der Waals surface area contributed by atoms with Gasteiger partial charge in [-0.1, -0.05) is 25.0 Å². The van der Waals surface area contributed by atoms with Gasteiger partial charge in [0.1, 0.15) is 18.0 Å². The van der Waals surface area contributed by atoms with E-state index in [4.69, 9.17) is 0 Å². The van der Waals surface area contributed by atoms with Crippen molar-refractivity contribution in [1.82, 2.24) is 9.97 Å². The van der Waals surface area contributed by atoms with Crippen molar-refractivity contribution in [3.05, 3.63) is 41.7 Å². The lowest BCUT2D eigenvalue weighted by Gasteiger charge is -2.37. The van der Waals surface area contributed by atoms with Crippen molar-refractivity contribution < 1.29 is 0 Å². The van der Waals surface area contributed by atoms with Gasteiger partial charge in [-0.2, -0.15) is 0 Å². The first-order chi connectivity index (χ1) is 13.2. The highest BCUT2D eigenvalue weighted by Crippen LogP contribution is 2.26. The van der Waals surface area contributed by atoms with Gasteiger partial charge in [-0.15, -0.1) is 0 Å². The van der Waals surface area contributed by atoms with E-state index in [1.54, 1.807) is 6.33 Å². The Morgan fingerprint density at radius 2 is 1.30 bits per heavy atom. The predicted molar refractivity (Wildman–Crippen MR) is 113 cm³/mol. The molecule has 2 aliphatic heterocycles. The summed E-state index contributed by atoms with van der Waals surface area (Å²) < 4.78 is 0. The molecule has 0 amide bonds. The number of nitrogens with zero attached hydrogens (tertiary/aromatic N) is 5. The highest BCUT2D eigenvalue weighted by atomic mass is 15.3. The Kier molecular flexibility index (Phi) is 5.46. The van der Waals surface area contributed by atoms with Gasteiger partial charge in [-0.05, 0) is 43.9 Å². The van der Waals surface area contributed by atoms with Crippen LogP contribution in [-0.4, -0.2) is 49.2 Å². The van der Waals surface area contributed by atoms with Crippen LogP contribution < -0.4 is 14.7 Å². The summed E-state index contributed by atoms with van der Waals surface area (Å²) in [7, 11) is 0. The van der Waals surface area contributed by atoms with Crippen molar-refractivity contribution in [2.75, 3.05) is 54.0 Å². The molecule has 0 saturated carbocycles. The molecule has 27 heavy (non-hydrogen) atoms. The minimum Gasteiger partial charge on any atom is -0.368 e. The Hall–Kier alpha value is -2.30. The van der Waals surface area contributed by atoms with E-state index in [9.17, 15) is 0 Å². The number of aryl methyl sites for hydroxylation is 1. The van der Waals surface area contributed by atoms with Crippen molar-refractivity contribution in [2.45, 2.75) is 39.5 Å². The molecule has 5 nitrogen and oxygen atoms in total. The maximum Gasteiger partial charge on any atom is 0.134 e. The molecule has 0 N–H and O–H groups in total. The first kappa shape index (κ1) is 18.1. The summed E-state index contributed by atoms with van der Waals surface area (Å²) in [5.74, 6) is 2.17. The lowest BCUT2D eigenvalue weighted by Crippen LogP contribution is -2.47. The van der Waals surface area contributed by atoms with E-state index in [-0.39, 0.29) is 0 Å². The molecule has 144 valence electrons. The van der Waals surface area contributed by atoms with E-state index in [2.05, 4.69) is 62.8 Å². The van der Waals surface area contributed by atoms with Crippen LogP contribution in [0.15, 0.2) is 30.6 Å². The van der Waals surface area contributed by atoms with Gasteiger partial charge in [0.2, 0.25) is 0 Å². The van der Waals surface area contributed by atoms with Gasteiger partial charge in [0.15, 0.2) is 0 Å². The number of anilines is 3. The van der Waals surface area contributed by atoms with Crippen molar-refractivity contribution >= 4 is 17.3 Å². The van der Waals surface area contributed by atoms with E-state index < -0.39 is 0 Å². The van der Waals surface area contributed by atoms with Crippen LogP contribution in [0.25, 0.3) is 0 Å². The topological polar surface area (TPSA) is 35.5 Å². The fourth-order valence-corrected chi connectivity index (χ4v) is 4.24. The van der Waals surface area contributed by atoms with E-state index in [0.29, 0.717) is 0 Å². The fourth-order valence-electron chi connectivity index (χ4n) is 4.24. The second-order valence-corrected chi connectivity index (χ2v) is 7.83. The Balaban J connectivity index is 1.43. The molecule has 2 aliphatic rings. The number of benzene rings is 1. The minimum atomic E-state index is 1.00. The minimum absolute atomic E-state index is 1.00. The van der Waals surface area contributed by atoms with E-state index >= 15 is 0 Å². The van der Waals surface area contributed by atoms with Crippen molar-refractivity contribution in [2.24, 2.45) is 0 Å². The second kappa shape index (κ2) is 8.15. The molecular weight excluding hydrogens is 334 g/mol. The van der Waals surface area contributed by atoms with Gasteiger partial charge in [-0.25, -0.2) is 9.97 Å². The van der Waals surface area contributed by atoms with E-state index in [1.165, 1.54) is 42.5 Å². The number of hydrogen-bond acceptors (Lipinski definition) is 5. The van der Waals surface area contributed by atoms with Crippen LogP contribution in [0.4, 0.5) is 17.3 Å². The van der Waals surface area contributed by atoms with Crippen LogP contribution in [0, 0.1) is 13.8 Å². The van der Waals surface area contributed by atoms with Gasteiger partial charge in [0.05, 0.1) is 0 Å². The molecule has 0 aliphatic carbocycles. The molecule has 1 aromatic carbocycles. The van der Waals surface area contributed by atoms with Crippen LogP contribution in [0.3, 0.4) is 0 Å². The molecule has 3 heterocycles. The Bertz CT molecular complexity index is 759. The van der Waals surface area contributed by atoms with Gasteiger partial charge in [-0.3, -0.25) is 0 Å². The largest absolute Gasteiger partial charge is 0.368 e. The number of aromatic nitrogens is 2. The maximum absolute atomic E-state index is 4.58. The SMILES string of the molecule is Cc1cccc(N2CCN(c3cc(N4CCCCCC4)ncn3)CC2)c1C. The Labute approximate surface area is 163 Å². The average molecular weight is 366 g/mol. The van der Waals surface area contributed by atoms with Gasteiger partial charge < -0.3 is 14.7 Å². The van der Waals surface area contributed by atoms with Crippen LogP contribution in [0.2, 0.25) is 0 Å². The quantitative estimate of drug-likeness (QED) is 0.827. The van der Waals surface area contributed by atoms with E-state index in [0.717, 1.165) is 50.9 Å². The zero-order valence-electron chi connectivity index (χ0n) is 16.7. The zero-order valence-corrected chi connectivity index (χ0v) is 16.7.